The number of nitrogens with zero attached hydrogens (tertiary/aromatic N) is 4. The van der Waals surface area contributed by atoms with Gasteiger partial charge in [-0.25, -0.2) is 9.78 Å². The minimum Gasteiger partial charge on any atom is -0.497 e. The molecular formula is C29H34BrN7O4. The van der Waals surface area contributed by atoms with Gasteiger partial charge in [0.1, 0.15) is 17.0 Å². The number of hydrogen-bond donors (Lipinski definition) is 3. The predicted octanol–water partition coefficient (Wildman–Crippen LogP) is 5.32. The third kappa shape index (κ3) is 6.82. The third-order valence-electron chi connectivity index (χ3n) is 6.74. The SMILES string of the molecule is COc1ccc(Cn2cc(C(=O)Nc3c[nH]c4ncc(Br)c(N5CCCC(NC(=O)OC(C)(C)C)C5)c34)cn2)cc1. The summed E-state index contributed by atoms with van der Waals surface area (Å²) in [6.07, 6.45) is 8.07. The van der Waals surface area contributed by atoms with Crippen LogP contribution in [0.5, 0.6) is 5.75 Å². The number of pyridine rings is 1. The maximum atomic E-state index is 13.3. The zero-order chi connectivity index (χ0) is 29.1. The molecule has 1 aromatic carbocycles. The summed E-state index contributed by atoms with van der Waals surface area (Å²) in [4.78, 5) is 35.6. The van der Waals surface area contributed by atoms with Gasteiger partial charge < -0.3 is 30.0 Å². The van der Waals surface area contributed by atoms with Crippen LogP contribution in [0.4, 0.5) is 16.2 Å². The van der Waals surface area contributed by atoms with Crippen molar-refractivity contribution in [2.75, 3.05) is 30.4 Å². The molecule has 3 aromatic heterocycles. The van der Waals surface area contributed by atoms with Gasteiger partial charge in [0.25, 0.3) is 5.91 Å². The van der Waals surface area contributed by atoms with E-state index in [1.54, 1.807) is 36.6 Å². The Kier molecular flexibility index (Phi) is 8.20. The Morgan fingerprint density at radius 3 is 2.71 bits per heavy atom. The van der Waals surface area contributed by atoms with E-state index in [1.165, 1.54) is 0 Å². The monoisotopic (exact) mass is 623 g/mol. The Balaban J connectivity index is 1.32. The Hall–Kier alpha value is -4.06. The second-order valence-electron chi connectivity index (χ2n) is 11.0. The molecule has 11 nitrogen and oxygen atoms in total. The number of methoxy groups -OCH3 is 1. The molecule has 41 heavy (non-hydrogen) atoms. The Morgan fingerprint density at radius 2 is 1.98 bits per heavy atom. The number of carbonyl (C=O) groups is 2. The summed E-state index contributed by atoms with van der Waals surface area (Å²) in [7, 11) is 1.63. The van der Waals surface area contributed by atoms with Crippen LogP contribution >= 0.6 is 15.9 Å². The largest absolute Gasteiger partial charge is 0.497 e. The second-order valence-corrected chi connectivity index (χ2v) is 11.9. The van der Waals surface area contributed by atoms with Gasteiger partial charge in [0.15, 0.2) is 0 Å². The van der Waals surface area contributed by atoms with Gasteiger partial charge in [-0.3, -0.25) is 9.48 Å². The van der Waals surface area contributed by atoms with Crippen molar-refractivity contribution in [3.63, 3.8) is 0 Å². The van der Waals surface area contributed by atoms with Crippen molar-refractivity contribution in [3.8, 4) is 5.75 Å². The molecule has 4 heterocycles. The molecule has 0 radical (unpaired) electrons. The Labute approximate surface area is 246 Å². The van der Waals surface area contributed by atoms with Crippen LogP contribution in [0, 0.1) is 0 Å². The zero-order valence-corrected chi connectivity index (χ0v) is 25.1. The molecule has 3 N–H and O–H groups in total. The first kappa shape index (κ1) is 28.5. The van der Waals surface area contributed by atoms with E-state index >= 15 is 0 Å². The topological polar surface area (TPSA) is 126 Å². The molecule has 4 aromatic rings. The molecule has 1 atom stereocenters. The molecule has 2 amide bonds. The molecule has 0 aliphatic carbocycles. The second kappa shape index (κ2) is 11.8. The van der Waals surface area contributed by atoms with E-state index < -0.39 is 11.7 Å². The van der Waals surface area contributed by atoms with Crippen molar-refractivity contribution < 1.29 is 19.1 Å². The maximum absolute atomic E-state index is 13.3. The van der Waals surface area contributed by atoms with Gasteiger partial charge in [0.05, 0.1) is 46.6 Å². The molecule has 216 valence electrons. The van der Waals surface area contributed by atoms with E-state index in [0.717, 1.165) is 46.2 Å². The number of hydrogen-bond acceptors (Lipinski definition) is 7. The minimum atomic E-state index is -0.566. The summed E-state index contributed by atoms with van der Waals surface area (Å²) < 4.78 is 13.2. The van der Waals surface area contributed by atoms with Crippen LogP contribution in [0.1, 0.15) is 49.5 Å². The van der Waals surface area contributed by atoms with Crippen molar-refractivity contribution in [1.29, 1.82) is 0 Å². The number of nitrogens with one attached hydrogen (secondary N) is 3. The van der Waals surface area contributed by atoms with Crippen LogP contribution in [0.25, 0.3) is 11.0 Å². The number of aromatic amines is 1. The van der Waals surface area contributed by atoms with Crippen molar-refractivity contribution >= 4 is 50.3 Å². The van der Waals surface area contributed by atoms with Crippen molar-refractivity contribution in [1.82, 2.24) is 25.1 Å². The van der Waals surface area contributed by atoms with Gasteiger partial charge in [-0.2, -0.15) is 5.10 Å². The smallest absolute Gasteiger partial charge is 0.407 e. The van der Waals surface area contributed by atoms with Crippen LogP contribution in [0.15, 0.2) is 53.5 Å². The molecule has 12 heteroatoms. The zero-order valence-electron chi connectivity index (χ0n) is 23.5. The standard InChI is InChI=1S/C29H34BrN7O4/c1-29(2,3)41-28(39)34-20-6-5-11-36(17-20)25-22(30)13-31-26-24(25)23(14-32-26)35-27(38)19-12-33-37(16-19)15-18-7-9-21(40-4)10-8-18/h7-10,12-14,16,20H,5-6,11,15,17H2,1-4H3,(H,31,32)(H,34,39)(H,35,38). The fourth-order valence-corrected chi connectivity index (χ4v) is 5.47. The molecular weight excluding hydrogens is 590 g/mol. The molecule has 1 aliphatic heterocycles. The summed E-state index contributed by atoms with van der Waals surface area (Å²) in [6.45, 7) is 7.45. The first-order chi connectivity index (χ1) is 19.6. The van der Waals surface area contributed by atoms with Crippen molar-refractivity contribution in [2.45, 2.75) is 51.8 Å². The Bertz CT molecular complexity index is 1540. The van der Waals surface area contributed by atoms with Gasteiger partial charge in [-0.1, -0.05) is 12.1 Å². The van der Waals surface area contributed by atoms with Gasteiger partial charge in [0, 0.05) is 37.7 Å². The van der Waals surface area contributed by atoms with Gasteiger partial charge in [-0.05, 0) is 67.2 Å². The van der Waals surface area contributed by atoms with Gasteiger partial charge >= 0.3 is 6.09 Å². The lowest BCUT2D eigenvalue weighted by Gasteiger charge is -2.36. The van der Waals surface area contributed by atoms with E-state index in [4.69, 9.17) is 9.47 Å². The maximum Gasteiger partial charge on any atom is 0.407 e. The Morgan fingerprint density at radius 1 is 1.20 bits per heavy atom. The van der Waals surface area contributed by atoms with Gasteiger partial charge in [-0.15, -0.1) is 0 Å². The van der Waals surface area contributed by atoms with Gasteiger partial charge in [0.2, 0.25) is 0 Å². The van der Waals surface area contributed by atoms with Crippen LogP contribution in [0.3, 0.4) is 0 Å². The highest BCUT2D eigenvalue weighted by atomic mass is 79.9. The lowest BCUT2D eigenvalue weighted by Crippen LogP contribution is -2.49. The van der Waals surface area contributed by atoms with E-state index in [1.807, 2.05) is 45.0 Å². The fourth-order valence-electron chi connectivity index (χ4n) is 4.92. The van der Waals surface area contributed by atoms with Crippen LogP contribution in [0.2, 0.25) is 0 Å². The molecule has 1 fully saturated rings. The third-order valence-corrected chi connectivity index (χ3v) is 7.32. The molecule has 1 aliphatic rings. The summed E-state index contributed by atoms with van der Waals surface area (Å²) in [5.74, 6) is 0.508. The number of carbonyl (C=O) groups excluding carboxylic acids is 2. The number of amides is 2. The van der Waals surface area contributed by atoms with Crippen LogP contribution < -0.4 is 20.3 Å². The number of aromatic nitrogens is 4. The minimum absolute atomic E-state index is 0.0813. The molecule has 5 rings (SSSR count). The first-order valence-corrected chi connectivity index (χ1v) is 14.3. The van der Waals surface area contributed by atoms with E-state index in [2.05, 4.69) is 46.5 Å². The number of benzene rings is 1. The molecule has 0 bridgehead atoms. The normalized spacial score (nSPS) is 15.5. The van der Waals surface area contributed by atoms with Crippen molar-refractivity contribution in [3.05, 3.63) is 64.7 Å². The number of alkyl carbamates (subject to hydrolysis) is 1. The number of piperidine rings is 1. The summed E-state index contributed by atoms with van der Waals surface area (Å²) >= 11 is 3.67. The highest BCUT2D eigenvalue weighted by molar-refractivity contribution is 9.10. The first-order valence-electron chi connectivity index (χ1n) is 13.5. The van der Waals surface area contributed by atoms with Crippen LogP contribution in [-0.2, 0) is 11.3 Å². The van der Waals surface area contributed by atoms with Crippen molar-refractivity contribution in [2.24, 2.45) is 0 Å². The summed E-state index contributed by atoms with van der Waals surface area (Å²) in [5.41, 5.74) is 3.08. The predicted molar refractivity (Wildman–Crippen MR) is 161 cm³/mol. The number of fused-ring (bicyclic) bond motifs is 1. The molecule has 1 saturated heterocycles. The number of halogens is 1. The van der Waals surface area contributed by atoms with E-state index in [9.17, 15) is 9.59 Å². The van der Waals surface area contributed by atoms with E-state index in [0.29, 0.717) is 30.0 Å². The number of rotatable bonds is 7. The van der Waals surface area contributed by atoms with E-state index in [-0.39, 0.29) is 11.9 Å². The summed E-state index contributed by atoms with van der Waals surface area (Å²) in [5, 5.41) is 11.2. The quantitative estimate of drug-likeness (QED) is 0.254. The average molecular weight is 625 g/mol. The summed E-state index contributed by atoms with van der Waals surface area (Å²) in [6, 6.07) is 7.64. The number of H-pyrrole nitrogens is 1. The highest BCUT2D eigenvalue weighted by Gasteiger charge is 2.28. The molecule has 0 saturated carbocycles. The lowest BCUT2D eigenvalue weighted by molar-refractivity contribution is 0.0500. The molecule has 1 unspecified atom stereocenters. The van der Waals surface area contributed by atoms with Crippen LogP contribution in [-0.4, -0.2) is 63.6 Å². The number of ether oxygens (including phenoxy) is 2. The lowest BCUT2D eigenvalue weighted by atomic mass is 10.0. The molecule has 0 spiro atoms. The number of anilines is 2. The fraction of sp³-hybridized carbons (Fsp3) is 0.379. The average Bonchev–Trinajstić information content (AvgIpc) is 3.55. The highest BCUT2D eigenvalue weighted by Crippen LogP contribution is 2.39.